The molecule has 1 N–H and O–H groups in total. The van der Waals surface area contributed by atoms with Crippen LogP contribution in [0.3, 0.4) is 0 Å². The van der Waals surface area contributed by atoms with Crippen molar-refractivity contribution in [3.05, 3.63) is 28.3 Å². The van der Waals surface area contributed by atoms with Crippen LogP contribution < -0.4 is 10.2 Å². The predicted octanol–water partition coefficient (Wildman–Crippen LogP) is 3.46. The Labute approximate surface area is 156 Å². The molecule has 25 heavy (non-hydrogen) atoms. The van der Waals surface area contributed by atoms with Crippen LogP contribution in [0.1, 0.15) is 59.7 Å². The van der Waals surface area contributed by atoms with Crippen LogP contribution >= 0.6 is 12.4 Å². The first kappa shape index (κ1) is 19.9. The van der Waals surface area contributed by atoms with Crippen LogP contribution in [-0.4, -0.2) is 31.8 Å². The lowest BCUT2D eigenvalue weighted by Gasteiger charge is -2.33. The summed E-state index contributed by atoms with van der Waals surface area (Å²) in [5.41, 5.74) is 5.33. The summed E-state index contributed by atoms with van der Waals surface area (Å²) in [6.07, 6.45) is 5.42. The van der Waals surface area contributed by atoms with Crippen molar-refractivity contribution in [2.45, 2.75) is 52.4 Å². The smallest absolute Gasteiger partial charge is 0.227 e. The van der Waals surface area contributed by atoms with E-state index in [0.29, 0.717) is 12.8 Å². The van der Waals surface area contributed by atoms with Gasteiger partial charge in [-0.3, -0.25) is 9.59 Å². The summed E-state index contributed by atoms with van der Waals surface area (Å²) >= 11 is 0. The van der Waals surface area contributed by atoms with E-state index in [4.69, 9.17) is 0 Å². The molecule has 138 valence electrons. The Balaban J connectivity index is 0.00000225. The van der Waals surface area contributed by atoms with Crippen molar-refractivity contribution >= 4 is 29.8 Å². The first-order valence-corrected chi connectivity index (χ1v) is 9.21. The fraction of sp³-hybridized carbons (Fsp3) is 0.600. The van der Waals surface area contributed by atoms with Gasteiger partial charge in [-0.2, -0.15) is 0 Å². The van der Waals surface area contributed by atoms with Gasteiger partial charge in [0.25, 0.3) is 0 Å². The molecule has 0 saturated carbocycles. The number of carbonyl (C=O) groups is 2. The number of benzene rings is 1. The molecule has 1 aromatic rings. The van der Waals surface area contributed by atoms with Crippen LogP contribution in [0.2, 0.25) is 0 Å². The third-order valence-corrected chi connectivity index (χ3v) is 5.52. The Morgan fingerprint density at radius 2 is 1.96 bits per heavy atom. The fourth-order valence-electron chi connectivity index (χ4n) is 4.02. The van der Waals surface area contributed by atoms with Crippen LogP contribution in [0.4, 0.5) is 5.69 Å². The third-order valence-electron chi connectivity index (χ3n) is 5.52. The van der Waals surface area contributed by atoms with Crippen molar-refractivity contribution in [1.82, 2.24) is 5.32 Å². The van der Waals surface area contributed by atoms with Crippen molar-refractivity contribution < 1.29 is 9.59 Å². The maximum atomic E-state index is 13.1. The van der Waals surface area contributed by atoms with E-state index in [1.807, 2.05) is 7.05 Å². The maximum absolute atomic E-state index is 13.1. The summed E-state index contributed by atoms with van der Waals surface area (Å²) < 4.78 is 0. The van der Waals surface area contributed by atoms with Gasteiger partial charge in [0.15, 0.2) is 5.78 Å². The van der Waals surface area contributed by atoms with E-state index < -0.39 is 0 Å². The lowest BCUT2D eigenvalue weighted by atomic mass is 9.76. The minimum Gasteiger partial charge on any atom is -0.316 e. The Hall–Kier alpha value is -1.39. The topological polar surface area (TPSA) is 49.4 Å². The summed E-state index contributed by atoms with van der Waals surface area (Å²) in [7, 11) is 1.82. The summed E-state index contributed by atoms with van der Waals surface area (Å²) in [4.78, 5) is 26.9. The monoisotopic (exact) mass is 364 g/mol. The zero-order valence-corrected chi connectivity index (χ0v) is 16.3. The minimum absolute atomic E-state index is 0. The Kier molecular flexibility index (Phi) is 6.64. The summed E-state index contributed by atoms with van der Waals surface area (Å²) in [6, 6.07) is 2.10. The van der Waals surface area contributed by atoms with Gasteiger partial charge < -0.3 is 10.2 Å². The number of nitrogens with zero attached hydrogens (tertiary/aromatic N) is 1. The number of halogens is 1. The molecule has 0 fully saturated rings. The lowest BCUT2D eigenvalue weighted by Crippen LogP contribution is -2.37. The number of unbranched alkanes of at least 4 members (excludes halogenated alkanes) is 1. The number of anilines is 1. The highest BCUT2D eigenvalue weighted by Gasteiger charge is 2.34. The third kappa shape index (κ3) is 3.75. The second-order valence-electron chi connectivity index (χ2n) is 7.15. The lowest BCUT2D eigenvalue weighted by molar-refractivity contribution is -0.118. The van der Waals surface area contributed by atoms with Gasteiger partial charge in [-0.25, -0.2) is 0 Å². The number of nitrogens with one attached hydrogen (secondary N) is 1. The van der Waals surface area contributed by atoms with Crippen molar-refractivity contribution in [1.29, 1.82) is 0 Å². The molecule has 1 unspecified atom stereocenters. The van der Waals surface area contributed by atoms with Gasteiger partial charge in [0.2, 0.25) is 5.91 Å². The number of amides is 1. The molecule has 0 saturated heterocycles. The van der Waals surface area contributed by atoms with E-state index in [9.17, 15) is 9.59 Å². The molecule has 5 heteroatoms. The number of Topliss-reactive ketones (excluding diaryl/α,β-unsaturated/α-hetero) is 1. The first-order chi connectivity index (χ1) is 11.5. The Bertz CT molecular complexity index is 672. The van der Waals surface area contributed by atoms with E-state index in [1.54, 1.807) is 4.90 Å². The van der Waals surface area contributed by atoms with E-state index in [2.05, 4.69) is 25.2 Å². The second kappa shape index (κ2) is 8.33. The van der Waals surface area contributed by atoms with E-state index in [0.717, 1.165) is 54.7 Å². The highest BCUT2D eigenvalue weighted by atomic mass is 35.5. The zero-order valence-electron chi connectivity index (χ0n) is 15.5. The average Bonchev–Trinajstić information content (AvgIpc) is 2.57. The SMILES string of the molecule is CCCCNCC1CCc2c(C)cc3c(c2C1=O)CCC(=O)N3C.Cl. The molecule has 0 spiro atoms. The quantitative estimate of drug-likeness (QED) is 0.814. The highest BCUT2D eigenvalue weighted by Crippen LogP contribution is 2.38. The van der Waals surface area contributed by atoms with Crippen molar-refractivity contribution in [3.8, 4) is 0 Å². The molecule has 0 radical (unpaired) electrons. The summed E-state index contributed by atoms with van der Waals surface area (Å²) in [6.45, 7) is 6.00. The molecule has 2 aliphatic rings. The Morgan fingerprint density at radius 1 is 1.20 bits per heavy atom. The number of fused-ring (bicyclic) bond motifs is 3. The van der Waals surface area contributed by atoms with Crippen LogP contribution in [0.5, 0.6) is 0 Å². The van der Waals surface area contributed by atoms with E-state index in [-0.39, 0.29) is 30.0 Å². The van der Waals surface area contributed by atoms with Gasteiger partial charge in [0.05, 0.1) is 0 Å². The van der Waals surface area contributed by atoms with Crippen LogP contribution in [0.15, 0.2) is 6.07 Å². The number of carbonyl (C=O) groups excluding carboxylic acids is 2. The number of aryl methyl sites for hydroxylation is 1. The molecular weight excluding hydrogens is 336 g/mol. The molecule has 0 aromatic heterocycles. The average molecular weight is 365 g/mol. The molecule has 3 rings (SSSR count). The maximum Gasteiger partial charge on any atom is 0.227 e. The van der Waals surface area contributed by atoms with Gasteiger partial charge in [-0.05, 0) is 61.9 Å². The van der Waals surface area contributed by atoms with Crippen molar-refractivity contribution in [2.75, 3.05) is 25.0 Å². The van der Waals surface area contributed by atoms with Gasteiger partial charge in [-0.1, -0.05) is 13.3 Å². The number of ketones is 1. The summed E-state index contributed by atoms with van der Waals surface area (Å²) in [5.74, 6) is 0.494. The van der Waals surface area contributed by atoms with Crippen molar-refractivity contribution in [2.24, 2.45) is 5.92 Å². The van der Waals surface area contributed by atoms with Gasteiger partial charge in [0, 0.05) is 37.2 Å². The van der Waals surface area contributed by atoms with Crippen LogP contribution in [-0.2, 0) is 17.6 Å². The number of hydrogen-bond acceptors (Lipinski definition) is 3. The molecule has 1 aliphatic heterocycles. The number of hydrogen-bond donors (Lipinski definition) is 1. The Morgan fingerprint density at radius 3 is 2.68 bits per heavy atom. The van der Waals surface area contributed by atoms with Gasteiger partial charge in [0.1, 0.15) is 0 Å². The summed E-state index contributed by atoms with van der Waals surface area (Å²) in [5, 5.41) is 3.44. The molecular formula is C20H29ClN2O2. The standard InChI is InChI=1S/C20H28N2O2.ClH/c1-4-5-10-21-12-14-6-7-15-13(2)11-17-16(19(15)20(14)24)8-9-18(23)22(17)3;/h11,14,21H,4-10,12H2,1-3H3;1H. The molecule has 1 atom stereocenters. The largest absolute Gasteiger partial charge is 0.316 e. The fourth-order valence-corrected chi connectivity index (χ4v) is 4.02. The molecule has 4 nitrogen and oxygen atoms in total. The zero-order chi connectivity index (χ0) is 17.3. The molecule has 1 amide bonds. The molecule has 0 bridgehead atoms. The van der Waals surface area contributed by atoms with Crippen LogP contribution in [0.25, 0.3) is 0 Å². The highest BCUT2D eigenvalue weighted by molar-refractivity contribution is 6.06. The van der Waals surface area contributed by atoms with Gasteiger partial charge in [-0.15, -0.1) is 12.4 Å². The normalized spacial score (nSPS) is 19.3. The predicted molar refractivity (Wildman–Crippen MR) is 104 cm³/mol. The van der Waals surface area contributed by atoms with Crippen molar-refractivity contribution in [3.63, 3.8) is 0 Å². The van der Waals surface area contributed by atoms with Crippen LogP contribution in [0, 0.1) is 12.8 Å². The second-order valence-corrected chi connectivity index (χ2v) is 7.15. The van der Waals surface area contributed by atoms with E-state index >= 15 is 0 Å². The first-order valence-electron chi connectivity index (χ1n) is 9.21. The van der Waals surface area contributed by atoms with E-state index in [1.165, 1.54) is 12.0 Å². The molecule has 1 aliphatic carbocycles. The number of rotatable bonds is 5. The molecule has 1 heterocycles. The minimum atomic E-state index is 0. The van der Waals surface area contributed by atoms with Gasteiger partial charge >= 0.3 is 0 Å². The molecule has 1 aromatic carbocycles.